The summed E-state index contributed by atoms with van der Waals surface area (Å²) in [6.45, 7) is 4.98. The van der Waals surface area contributed by atoms with Crippen LogP contribution in [-0.4, -0.2) is 16.8 Å². The van der Waals surface area contributed by atoms with Crippen LogP contribution in [0.15, 0.2) is 6.07 Å². The highest BCUT2D eigenvalue weighted by Gasteiger charge is 2.05. The zero-order chi connectivity index (χ0) is 11.3. The number of halogens is 2. The van der Waals surface area contributed by atoms with E-state index in [1.165, 1.54) is 0 Å². The molecule has 0 unspecified atom stereocenters. The summed E-state index contributed by atoms with van der Waals surface area (Å²) < 4.78 is 5.45. The van der Waals surface area contributed by atoms with Gasteiger partial charge >= 0.3 is 0 Å². The van der Waals surface area contributed by atoms with E-state index < -0.39 is 0 Å². The van der Waals surface area contributed by atoms with Crippen molar-refractivity contribution in [1.29, 1.82) is 0 Å². The Morgan fingerprint density at radius 2 is 2.07 bits per heavy atom. The summed E-state index contributed by atoms with van der Waals surface area (Å²) >= 11 is 11.4. The maximum Gasteiger partial charge on any atom is 0.193 e. The molecular weight excluding hydrogens is 235 g/mol. The molecule has 0 radical (unpaired) electrons. The molecule has 0 amide bonds. The average Bonchev–Trinajstić information content (AvgIpc) is 2.17. The van der Waals surface area contributed by atoms with Crippen molar-refractivity contribution in [3.8, 4) is 5.75 Å². The van der Waals surface area contributed by atoms with Gasteiger partial charge in [-0.1, -0.05) is 37.0 Å². The number of hydrogen-bond donors (Lipinski definition) is 0. The molecule has 3 nitrogen and oxygen atoms in total. The number of nitrogens with zero attached hydrogens (tertiary/aromatic N) is 2. The van der Waals surface area contributed by atoms with Crippen molar-refractivity contribution in [2.75, 3.05) is 6.61 Å². The first kappa shape index (κ1) is 12.5. The zero-order valence-corrected chi connectivity index (χ0v) is 10.3. The van der Waals surface area contributed by atoms with Crippen LogP contribution in [0.25, 0.3) is 0 Å². The van der Waals surface area contributed by atoms with Crippen LogP contribution in [0.4, 0.5) is 0 Å². The van der Waals surface area contributed by atoms with Gasteiger partial charge < -0.3 is 4.74 Å². The number of aromatic nitrogens is 2. The van der Waals surface area contributed by atoms with E-state index in [9.17, 15) is 0 Å². The minimum atomic E-state index is 0.254. The van der Waals surface area contributed by atoms with E-state index in [0.29, 0.717) is 23.4 Å². The first-order chi connectivity index (χ1) is 7.09. The van der Waals surface area contributed by atoms with Crippen LogP contribution >= 0.6 is 23.2 Å². The van der Waals surface area contributed by atoms with E-state index in [0.717, 1.165) is 12.8 Å². The van der Waals surface area contributed by atoms with Crippen molar-refractivity contribution in [3.63, 3.8) is 0 Å². The van der Waals surface area contributed by atoms with E-state index in [2.05, 4.69) is 24.0 Å². The van der Waals surface area contributed by atoms with E-state index in [1.54, 1.807) is 6.07 Å². The van der Waals surface area contributed by atoms with Crippen LogP contribution in [0.5, 0.6) is 5.75 Å². The second-order valence-electron chi connectivity index (χ2n) is 3.71. The molecule has 0 atom stereocenters. The zero-order valence-electron chi connectivity index (χ0n) is 8.83. The topological polar surface area (TPSA) is 35.0 Å². The minimum Gasteiger partial charge on any atom is -0.490 e. The number of hydrogen-bond acceptors (Lipinski definition) is 3. The van der Waals surface area contributed by atoms with E-state index in [4.69, 9.17) is 27.9 Å². The molecule has 15 heavy (non-hydrogen) atoms. The SMILES string of the molecule is CC(C)CCCOc1cc(Cl)nnc1Cl. The highest BCUT2D eigenvalue weighted by molar-refractivity contribution is 6.32. The lowest BCUT2D eigenvalue weighted by Crippen LogP contribution is -2.01. The van der Waals surface area contributed by atoms with Gasteiger partial charge in [0.1, 0.15) is 0 Å². The Kier molecular flexibility index (Phi) is 5.12. The largest absolute Gasteiger partial charge is 0.490 e. The standard InChI is InChI=1S/C10H14Cl2N2O/c1-7(2)4-3-5-15-8-6-9(11)13-14-10(8)12/h6-7H,3-5H2,1-2H3. The van der Waals surface area contributed by atoms with Crippen LogP contribution in [-0.2, 0) is 0 Å². The molecule has 84 valence electrons. The summed E-state index contributed by atoms with van der Waals surface area (Å²) in [5, 5.41) is 7.79. The van der Waals surface area contributed by atoms with Gasteiger partial charge in [-0.25, -0.2) is 0 Å². The highest BCUT2D eigenvalue weighted by atomic mass is 35.5. The Labute approximate surface area is 99.7 Å². The predicted octanol–water partition coefficient (Wildman–Crippen LogP) is 3.60. The van der Waals surface area contributed by atoms with Crippen LogP contribution in [0.2, 0.25) is 10.3 Å². The van der Waals surface area contributed by atoms with Gasteiger partial charge in [0.25, 0.3) is 0 Å². The van der Waals surface area contributed by atoms with Crippen molar-refractivity contribution in [1.82, 2.24) is 10.2 Å². The van der Waals surface area contributed by atoms with Gasteiger partial charge in [-0.15, -0.1) is 10.2 Å². The van der Waals surface area contributed by atoms with Gasteiger partial charge in [0.05, 0.1) is 6.61 Å². The number of rotatable bonds is 5. The molecule has 5 heteroatoms. The van der Waals surface area contributed by atoms with Crippen molar-refractivity contribution in [3.05, 3.63) is 16.4 Å². The quantitative estimate of drug-likeness (QED) is 0.748. The van der Waals surface area contributed by atoms with Gasteiger partial charge in [0.15, 0.2) is 16.1 Å². The molecule has 0 spiro atoms. The molecule has 0 aromatic carbocycles. The molecule has 1 aromatic heterocycles. The molecule has 0 fully saturated rings. The lowest BCUT2D eigenvalue weighted by Gasteiger charge is -2.08. The van der Waals surface area contributed by atoms with Crippen molar-refractivity contribution < 1.29 is 4.74 Å². The Hall–Kier alpha value is -0.540. The molecule has 0 saturated carbocycles. The molecule has 1 rings (SSSR count). The smallest absolute Gasteiger partial charge is 0.193 e. The Bertz CT molecular complexity index is 318. The summed E-state index contributed by atoms with van der Waals surface area (Å²) in [6.07, 6.45) is 2.12. The Morgan fingerprint density at radius 1 is 1.33 bits per heavy atom. The maximum absolute atomic E-state index is 5.78. The first-order valence-corrected chi connectivity index (χ1v) is 5.66. The predicted molar refractivity (Wildman–Crippen MR) is 61.6 cm³/mol. The van der Waals surface area contributed by atoms with Gasteiger partial charge in [-0.2, -0.15) is 0 Å². The van der Waals surface area contributed by atoms with E-state index in [-0.39, 0.29) is 5.15 Å². The second kappa shape index (κ2) is 6.13. The first-order valence-electron chi connectivity index (χ1n) is 4.91. The number of ether oxygens (including phenoxy) is 1. The third-order valence-corrected chi connectivity index (χ3v) is 2.32. The monoisotopic (exact) mass is 248 g/mol. The average molecular weight is 249 g/mol. The summed E-state index contributed by atoms with van der Waals surface area (Å²) in [5.74, 6) is 1.18. The van der Waals surface area contributed by atoms with Crippen LogP contribution < -0.4 is 4.74 Å². The van der Waals surface area contributed by atoms with Crippen LogP contribution in [0.1, 0.15) is 26.7 Å². The van der Waals surface area contributed by atoms with E-state index >= 15 is 0 Å². The molecule has 1 aromatic rings. The lowest BCUT2D eigenvalue weighted by atomic mass is 10.1. The van der Waals surface area contributed by atoms with Gasteiger partial charge in [0, 0.05) is 6.07 Å². The fourth-order valence-electron chi connectivity index (χ4n) is 1.11. The molecule has 0 aliphatic carbocycles. The van der Waals surface area contributed by atoms with Crippen LogP contribution in [0, 0.1) is 5.92 Å². The minimum absolute atomic E-state index is 0.254. The van der Waals surface area contributed by atoms with E-state index in [1.807, 2.05) is 0 Å². The van der Waals surface area contributed by atoms with Crippen molar-refractivity contribution in [2.45, 2.75) is 26.7 Å². The highest BCUT2D eigenvalue weighted by Crippen LogP contribution is 2.23. The van der Waals surface area contributed by atoms with Crippen LogP contribution in [0.3, 0.4) is 0 Å². The molecule has 0 aliphatic heterocycles. The summed E-state index contributed by atoms with van der Waals surface area (Å²) in [5.41, 5.74) is 0. The van der Waals surface area contributed by atoms with Crippen molar-refractivity contribution >= 4 is 23.2 Å². The second-order valence-corrected chi connectivity index (χ2v) is 4.45. The fraction of sp³-hybridized carbons (Fsp3) is 0.600. The molecule has 1 heterocycles. The molecule has 0 saturated heterocycles. The summed E-state index contributed by atoms with van der Waals surface area (Å²) in [4.78, 5) is 0. The third-order valence-electron chi connectivity index (χ3n) is 1.87. The van der Waals surface area contributed by atoms with Crippen molar-refractivity contribution in [2.24, 2.45) is 5.92 Å². The third kappa shape index (κ3) is 4.67. The normalized spacial score (nSPS) is 10.7. The maximum atomic E-state index is 5.78. The fourth-order valence-corrected chi connectivity index (χ4v) is 1.40. The van der Waals surface area contributed by atoms with Gasteiger partial charge in [-0.3, -0.25) is 0 Å². The van der Waals surface area contributed by atoms with Gasteiger partial charge in [-0.05, 0) is 18.8 Å². The molecule has 0 N–H and O–H groups in total. The summed E-state index contributed by atoms with van der Waals surface area (Å²) in [6, 6.07) is 1.58. The molecule has 0 bridgehead atoms. The Morgan fingerprint density at radius 3 is 2.73 bits per heavy atom. The van der Waals surface area contributed by atoms with Gasteiger partial charge in [0.2, 0.25) is 0 Å². The molecule has 0 aliphatic rings. The molecular formula is C10H14Cl2N2O. The Balaban J connectivity index is 2.40. The summed E-state index contributed by atoms with van der Waals surface area (Å²) in [7, 11) is 0. The lowest BCUT2D eigenvalue weighted by molar-refractivity contribution is 0.296.